The molecule has 1 aromatic carbocycles. The van der Waals surface area contributed by atoms with Crippen LogP contribution in [0.1, 0.15) is 19.3 Å². The summed E-state index contributed by atoms with van der Waals surface area (Å²) in [6.45, 7) is 7.08. The highest BCUT2D eigenvalue weighted by atomic mass is 79.9. The zero-order valence-electron chi connectivity index (χ0n) is 18.2. The van der Waals surface area contributed by atoms with Crippen molar-refractivity contribution in [2.24, 2.45) is 5.92 Å². The highest BCUT2D eigenvalue weighted by Crippen LogP contribution is 2.28. The third-order valence-corrected chi connectivity index (χ3v) is 7.37. The van der Waals surface area contributed by atoms with Gasteiger partial charge in [0.15, 0.2) is 5.82 Å². The van der Waals surface area contributed by atoms with E-state index in [-0.39, 0.29) is 11.8 Å². The molecule has 0 unspecified atom stereocenters. The largest absolute Gasteiger partial charge is 0.379 e. The molecule has 0 atom stereocenters. The van der Waals surface area contributed by atoms with E-state index < -0.39 is 0 Å². The van der Waals surface area contributed by atoms with E-state index in [4.69, 9.17) is 4.74 Å². The van der Waals surface area contributed by atoms with Gasteiger partial charge in [-0.15, -0.1) is 10.2 Å². The first-order valence-electron chi connectivity index (χ1n) is 11.3. The van der Waals surface area contributed by atoms with Crippen molar-refractivity contribution in [1.29, 1.82) is 0 Å². The normalized spacial score (nSPS) is 18.0. The molecule has 0 bridgehead atoms. The van der Waals surface area contributed by atoms with E-state index in [0.717, 1.165) is 92.0 Å². The predicted molar refractivity (Wildman–Crippen MR) is 130 cm³/mol. The fraction of sp³-hybridized carbons (Fsp3) is 0.522. The maximum absolute atomic E-state index is 12.5. The molecule has 4 rings (SSSR count). The van der Waals surface area contributed by atoms with Crippen LogP contribution in [0.5, 0.6) is 0 Å². The number of rotatable bonds is 8. The van der Waals surface area contributed by atoms with E-state index in [9.17, 15) is 4.79 Å². The highest BCUT2D eigenvalue weighted by Gasteiger charge is 2.25. The van der Waals surface area contributed by atoms with Crippen molar-refractivity contribution in [3.8, 4) is 0 Å². The molecule has 172 valence electrons. The minimum Gasteiger partial charge on any atom is -0.379 e. The maximum atomic E-state index is 12.5. The maximum Gasteiger partial charge on any atom is 0.223 e. The van der Waals surface area contributed by atoms with Crippen LogP contribution in [0.25, 0.3) is 0 Å². The molecule has 3 heterocycles. The molecule has 32 heavy (non-hydrogen) atoms. The second-order valence-corrected chi connectivity index (χ2v) is 10.2. The molecular weight excluding hydrogens is 490 g/mol. The number of anilines is 1. The number of benzene rings is 1. The molecule has 2 fully saturated rings. The molecule has 0 spiro atoms. The van der Waals surface area contributed by atoms with Crippen molar-refractivity contribution in [1.82, 2.24) is 20.4 Å². The number of piperidine rings is 1. The van der Waals surface area contributed by atoms with Crippen LogP contribution in [0.2, 0.25) is 0 Å². The molecule has 1 N–H and O–H groups in total. The topological polar surface area (TPSA) is 70.6 Å². The number of morpholine rings is 1. The Morgan fingerprint density at radius 3 is 2.50 bits per heavy atom. The van der Waals surface area contributed by atoms with Crippen LogP contribution in [0.4, 0.5) is 5.82 Å². The molecule has 2 aliphatic rings. The standard InChI is InChI=1S/C23H30BrN5O2S/c24-19-2-4-20(5-3-19)32-22-7-6-21(26-27-22)29-12-8-18(9-13-29)23(30)25-10-1-11-28-14-16-31-17-15-28/h2-7,18H,1,8-17H2,(H,25,30). The molecule has 2 saturated heterocycles. The van der Waals surface area contributed by atoms with Gasteiger partial charge in [-0.05, 0) is 62.2 Å². The van der Waals surface area contributed by atoms with Gasteiger partial charge in [0.25, 0.3) is 0 Å². The zero-order chi connectivity index (χ0) is 22.2. The van der Waals surface area contributed by atoms with E-state index in [1.165, 1.54) is 0 Å². The van der Waals surface area contributed by atoms with E-state index >= 15 is 0 Å². The quantitative estimate of drug-likeness (QED) is 0.535. The second kappa shape index (κ2) is 12.0. The number of carbonyl (C=O) groups excluding carboxylic acids is 1. The van der Waals surface area contributed by atoms with E-state index in [2.05, 4.69) is 53.4 Å². The summed E-state index contributed by atoms with van der Waals surface area (Å²) in [5.41, 5.74) is 0. The minimum atomic E-state index is 0.0924. The third-order valence-electron chi connectivity index (χ3n) is 5.91. The summed E-state index contributed by atoms with van der Waals surface area (Å²) in [6, 6.07) is 12.2. The number of hydrogen-bond acceptors (Lipinski definition) is 7. The van der Waals surface area contributed by atoms with Crippen molar-refractivity contribution < 1.29 is 9.53 Å². The Morgan fingerprint density at radius 1 is 1.06 bits per heavy atom. The molecular formula is C23H30BrN5O2S. The molecule has 9 heteroatoms. The Hall–Kier alpha value is -1.68. The average Bonchev–Trinajstić information content (AvgIpc) is 2.84. The summed E-state index contributed by atoms with van der Waals surface area (Å²) in [7, 11) is 0. The fourth-order valence-corrected chi connectivity index (χ4v) is 5.01. The SMILES string of the molecule is O=C(NCCCN1CCOCC1)C1CCN(c2ccc(Sc3ccc(Br)cc3)nn2)CC1. The van der Waals surface area contributed by atoms with Gasteiger partial charge in [-0.1, -0.05) is 27.7 Å². The summed E-state index contributed by atoms with van der Waals surface area (Å²) in [4.78, 5) is 18.3. The lowest BCUT2D eigenvalue weighted by molar-refractivity contribution is -0.125. The minimum absolute atomic E-state index is 0.0924. The number of aromatic nitrogens is 2. The Kier molecular flexibility index (Phi) is 8.78. The summed E-state index contributed by atoms with van der Waals surface area (Å²) in [5.74, 6) is 1.17. The van der Waals surface area contributed by atoms with Crippen molar-refractivity contribution in [2.45, 2.75) is 29.2 Å². The number of nitrogens with one attached hydrogen (secondary N) is 1. The van der Waals surface area contributed by atoms with Crippen LogP contribution < -0.4 is 10.2 Å². The lowest BCUT2D eigenvalue weighted by atomic mass is 9.96. The number of carbonyl (C=O) groups is 1. The van der Waals surface area contributed by atoms with Gasteiger partial charge in [0, 0.05) is 48.0 Å². The highest BCUT2D eigenvalue weighted by molar-refractivity contribution is 9.10. The molecule has 1 aromatic heterocycles. The van der Waals surface area contributed by atoms with E-state index in [0.29, 0.717) is 0 Å². The van der Waals surface area contributed by atoms with E-state index in [1.807, 2.05) is 24.3 Å². The van der Waals surface area contributed by atoms with Gasteiger partial charge in [0.1, 0.15) is 5.03 Å². The van der Waals surface area contributed by atoms with E-state index in [1.54, 1.807) is 11.8 Å². The predicted octanol–water partition coefficient (Wildman–Crippen LogP) is 3.45. The Morgan fingerprint density at radius 2 is 1.81 bits per heavy atom. The number of hydrogen-bond donors (Lipinski definition) is 1. The first kappa shape index (κ1) is 23.5. The van der Waals surface area contributed by atoms with Gasteiger partial charge in [0.05, 0.1) is 13.2 Å². The summed E-state index contributed by atoms with van der Waals surface area (Å²) >= 11 is 5.05. The molecule has 0 saturated carbocycles. The van der Waals surface area contributed by atoms with Gasteiger partial charge in [-0.3, -0.25) is 9.69 Å². The second-order valence-electron chi connectivity index (χ2n) is 8.15. The monoisotopic (exact) mass is 519 g/mol. The molecule has 7 nitrogen and oxygen atoms in total. The lowest BCUT2D eigenvalue weighted by Crippen LogP contribution is -2.42. The molecule has 2 aliphatic heterocycles. The molecule has 1 amide bonds. The Labute approximate surface area is 202 Å². The first-order valence-corrected chi connectivity index (χ1v) is 12.9. The number of halogens is 1. The number of amides is 1. The van der Waals surface area contributed by atoms with Crippen LogP contribution in [0.3, 0.4) is 0 Å². The van der Waals surface area contributed by atoms with Gasteiger partial charge in [-0.2, -0.15) is 0 Å². The summed E-state index contributed by atoms with van der Waals surface area (Å²) in [6.07, 6.45) is 2.70. The fourth-order valence-electron chi connectivity index (χ4n) is 4.01. The lowest BCUT2D eigenvalue weighted by Gasteiger charge is -2.32. The zero-order valence-corrected chi connectivity index (χ0v) is 20.6. The van der Waals surface area contributed by atoms with Crippen LogP contribution in [-0.2, 0) is 9.53 Å². The van der Waals surface area contributed by atoms with Gasteiger partial charge >= 0.3 is 0 Å². The van der Waals surface area contributed by atoms with Crippen LogP contribution in [0, 0.1) is 5.92 Å². The Balaban J connectivity index is 1.17. The molecule has 0 aliphatic carbocycles. The summed E-state index contributed by atoms with van der Waals surface area (Å²) < 4.78 is 6.43. The van der Waals surface area contributed by atoms with Crippen LogP contribution >= 0.6 is 27.7 Å². The Bertz CT molecular complexity index is 854. The van der Waals surface area contributed by atoms with Gasteiger partial charge in [-0.25, -0.2) is 0 Å². The van der Waals surface area contributed by atoms with Crippen LogP contribution in [-0.4, -0.2) is 73.5 Å². The van der Waals surface area contributed by atoms with Crippen molar-refractivity contribution in [3.63, 3.8) is 0 Å². The van der Waals surface area contributed by atoms with Gasteiger partial charge in [0.2, 0.25) is 5.91 Å². The van der Waals surface area contributed by atoms with Crippen molar-refractivity contribution in [3.05, 3.63) is 40.9 Å². The van der Waals surface area contributed by atoms with Crippen molar-refractivity contribution in [2.75, 3.05) is 57.4 Å². The van der Waals surface area contributed by atoms with Gasteiger partial charge < -0.3 is 15.0 Å². The molecule has 2 aromatic rings. The van der Waals surface area contributed by atoms with Crippen LogP contribution in [0.15, 0.2) is 50.8 Å². The van der Waals surface area contributed by atoms with Crippen molar-refractivity contribution >= 4 is 39.4 Å². The average molecular weight is 520 g/mol. The number of ether oxygens (including phenoxy) is 1. The third kappa shape index (κ3) is 6.91. The summed E-state index contributed by atoms with van der Waals surface area (Å²) in [5, 5.41) is 12.8. The number of nitrogens with zero attached hydrogens (tertiary/aromatic N) is 4. The smallest absolute Gasteiger partial charge is 0.223 e. The first-order chi connectivity index (χ1) is 15.7. The molecule has 0 radical (unpaired) electrons.